The molecule has 2 aromatic heterocycles. The Morgan fingerprint density at radius 3 is 2.42 bits per heavy atom. The van der Waals surface area contributed by atoms with Crippen molar-refractivity contribution in [1.82, 2.24) is 14.1 Å². The van der Waals surface area contributed by atoms with Gasteiger partial charge in [-0.15, -0.1) is 0 Å². The van der Waals surface area contributed by atoms with Gasteiger partial charge < -0.3 is 0 Å². The smallest absolute Gasteiger partial charge is 0.275 e. The maximum Gasteiger partial charge on any atom is 0.278 e. The number of hydrogen-bond acceptors (Lipinski definition) is 5. The number of rotatable bonds is 5. The van der Waals surface area contributed by atoms with E-state index in [9.17, 15) is 4.79 Å². The lowest BCUT2D eigenvalue weighted by Crippen LogP contribution is -2.21. The number of aromatic nitrogens is 3. The maximum atomic E-state index is 13.7. The first-order valence-electron chi connectivity index (χ1n) is 10.2. The van der Waals surface area contributed by atoms with Gasteiger partial charge >= 0.3 is 0 Å². The zero-order valence-corrected chi connectivity index (χ0v) is 20.8. The van der Waals surface area contributed by atoms with Crippen LogP contribution in [0.15, 0.2) is 88.8 Å². The normalized spacial score (nSPS) is 11.2. The number of fused-ring (bicyclic) bond motifs is 1. The molecule has 0 radical (unpaired) electrons. The Kier molecular flexibility index (Phi) is 6.21. The van der Waals surface area contributed by atoms with Gasteiger partial charge in [-0.2, -0.15) is 0 Å². The molecule has 0 N–H and O–H groups in total. The highest BCUT2D eigenvalue weighted by molar-refractivity contribution is 7.98. The van der Waals surface area contributed by atoms with Crippen molar-refractivity contribution in [1.29, 1.82) is 0 Å². The molecular weight excluding hydrogens is 490 g/mol. The molecular formula is C25H18ClN3OS3. The van der Waals surface area contributed by atoms with Gasteiger partial charge in [-0.3, -0.25) is 13.9 Å². The van der Waals surface area contributed by atoms with Gasteiger partial charge in [0.15, 0.2) is 14.8 Å². The number of thioether (sulfide) groups is 1. The van der Waals surface area contributed by atoms with E-state index in [1.54, 1.807) is 4.57 Å². The molecule has 0 atom stereocenters. The molecule has 5 aromatic rings. The van der Waals surface area contributed by atoms with Gasteiger partial charge in [0.1, 0.15) is 4.70 Å². The highest BCUT2D eigenvalue weighted by Crippen LogP contribution is 2.31. The molecule has 0 saturated carbocycles. The van der Waals surface area contributed by atoms with Crippen molar-refractivity contribution >= 4 is 57.3 Å². The Bertz CT molecular complexity index is 1590. The Morgan fingerprint density at radius 1 is 0.970 bits per heavy atom. The second-order valence-corrected chi connectivity index (χ2v) is 10.4. The number of benzene rings is 3. The summed E-state index contributed by atoms with van der Waals surface area (Å²) in [4.78, 5) is 18.7. The summed E-state index contributed by atoms with van der Waals surface area (Å²) in [5, 5.41) is 1.28. The van der Waals surface area contributed by atoms with E-state index in [1.807, 2.05) is 90.4 Å². The van der Waals surface area contributed by atoms with E-state index in [0.717, 1.165) is 22.5 Å². The van der Waals surface area contributed by atoms with E-state index in [4.69, 9.17) is 28.8 Å². The fourth-order valence-corrected chi connectivity index (χ4v) is 6.20. The summed E-state index contributed by atoms with van der Waals surface area (Å²) in [5.74, 6) is 0.583. The van der Waals surface area contributed by atoms with Crippen LogP contribution in [-0.2, 0) is 5.75 Å². The molecule has 0 bridgehead atoms. The van der Waals surface area contributed by atoms with E-state index in [-0.39, 0.29) is 5.56 Å². The fraction of sp³-hybridized carbons (Fsp3) is 0.0800. The topological polar surface area (TPSA) is 39.8 Å². The molecule has 0 unspecified atom stereocenters. The summed E-state index contributed by atoms with van der Waals surface area (Å²) in [6, 6.07) is 25.3. The lowest BCUT2D eigenvalue weighted by Gasteiger charge is -2.14. The second kappa shape index (κ2) is 9.27. The number of nitrogens with zero attached hydrogens (tertiary/aromatic N) is 3. The van der Waals surface area contributed by atoms with Crippen molar-refractivity contribution in [3.8, 4) is 11.4 Å². The third-order valence-corrected chi connectivity index (χ3v) is 7.97. The van der Waals surface area contributed by atoms with Crippen LogP contribution in [0.25, 0.3) is 21.7 Å². The molecule has 0 saturated heterocycles. The van der Waals surface area contributed by atoms with Crippen molar-refractivity contribution in [2.75, 3.05) is 0 Å². The number of aryl methyl sites for hydroxylation is 1. The molecule has 3 aromatic carbocycles. The predicted molar refractivity (Wildman–Crippen MR) is 141 cm³/mol. The quantitative estimate of drug-likeness (QED) is 0.143. The number of hydrogen-bond donors (Lipinski definition) is 0. The van der Waals surface area contributed by atoms with Crippen molar-refractivity contribution in [3.05, 3.63) is 109 Å². The number of halogens is 1. The molecule has 2 heterocycles. The van der Waals surface area contributed by atoms with Crippen LogP contribution < -0.4 is 5.56 Å². The molecule has 0 amide bonds. The largest absolute Gasteiger partial charge is 0.278 e. The Labute approximate surface area is 209 Å². The minimum absolute atomic E-state index is 0.128. The van der Waals surface area contributed by atoms with E-state index < -0.39 is 0 Å². The summed E-state index contributed by atoms with van der Waals surface area (Å²) in [7, 11) is 0. The van der Waals surface area contributed by atoms with Gasteiger partial charge in [0.05, 0.1) is 11.4 Å². The maximum absolute atomic E-state index is 13.7. The number of para-hydroxylation sites is 2. The first kappa shape index (κ1) is 22.1. The first-order valence-corrected chi connectivity index (χ1v) is 12.8. The second-order valence-electron chi connectivity index (χ2n) is 7.39. The molecule has 164 valence electrons. The lowest BCUT2D eigenvalue weighted by molar-refractivity contribution is 0.811. The van der Waals surface area contributed by atoms with Crippen LogP contribution in [0.4, 0.5) is 0 Å². The highest BCUT2D eigenvalue weighted by Gasteiger charge is 2.20. The third kappa shape index (κ3) is 4.17. The fourth-order valence-electron chi connectivity index (χ4n) is 3.62. The summed E-state index contributed by atoms with van der Waals surface area (Å²) < 4.78 is 4.70. The molecule has 5 rings (SSSR count). The average molecular weight is 508 g/mol. The molecule has 0 aliphatic heterocycles. The van der Waals surface area contributed by atoms with Crippen LogP contribution >= 0.6 is 46.9 Å². The molecule has 0 spiro atoms. The van der Waals surface area contributed by atoms with Crippen LogP contribution in [0, 0.1) is 10.9 Å². The first-order chi connectivity index (χ1) is 16.0. The Morgan fingerprint density at radius 2 is 1.67 bits per heavy atom. The lowest BCUT2D eigenvalue weighted by atomic mass is 10.2. The zero-order valence-electron chi connectivity index (χ0n) is 17.6. The van der Waals surface area contributed by atoms with Crippen molar-refractivity contribution in [3.63, 3.8) is 0 Å². The Balaban J connectivity index is 1.75. The molecule has 0 aliphatic carbocycles. The van der Waals surface area contributed by atoms with Gasteiger partial charge in [0.2, 0.25) is 0 Å². The van der Waals surface area contributed by atoms with Gasteiger partial charge in [-0.1, -0.05) is 89.3 Å². The van der Waals surface area contributed by atoms with Crippen LogP contribution in [0.2, 0.25) is 5.02 Å². The zero-order chi connectivity index (χ0) is 22.9. The third-order valence-electron chi connectivity index (χ3n) is 5.26. The summed E-state index contributed by atoms with van der Waals surface area (Å²) in [6.07, 6.45) is 0. The molecule has 33 heavy (non-hydrogen) atoms. The summed E-state index contributed by atoms with van der Waals surface area (Å²) in [5.41, 5.74) is 4.20. The SMILES string of the molecule is Cc1ccccc1-n1c(=S)sc2c(=O)n(-c3ccccc3)c(SCc3ccccc3Cl)nc21. The van der Waals surface area contributed by atoms with Crippen LogP contribution in [0.3, 0.4) is 0 Å². The summed E-state index contributed by atoms with van der Waals surface area (Å²) >= 11 is 14.8. The van der Waals surface area contributed by atoms with E-state index in [2.05, 4.69) is 0 Å². The minimum Gasteiger partial charge on any atom is -0.275 e. The monoisotopic (exact) mass is 507 g/mol. The van der Waals surface area contributed by atoms with Crippen molar-refractivity contribution in [2.45, 2.75) is 17.8 Å². The predicted octanol–water partition coefficient (Wildman–Crippen LogP) is 7.22. The van der Waals surface area contributed by atoms with Crippen molar-refractivity contribution < 1.29 is 0 Å². The summed E-state index contributed by atoms with van der Waals surface area (Å²) in [6.45, 7) is 2.03. The van der Waals surface area contributed by atoms with E-state index in [1.165, 1.54) is 23.1 Å². The highest BCUT2D eigenvalue weighted by atomic mass is 35.5. The molecule has 0 fully saturated rings. The van der Waals surface area contributed by atoms with Gasteiger partial charge in [-0.05, 0) is 54.5 Å². The van der Waals surface area contributed by atoms with Crippen LogP contribution in [0.5, 0.6) is 0 Å². The molecule has 8 heteroatoms. The van der Waals surface area contributed by atoms with Crippen molar-refractivity contribution in [2.24, 2.45) is 0 Å². The average Bonchev–Trinajstić information content (AvgIpc) is 3.15. The minimum atomic E-state index is -0.128. The van der Waals surface area contributed by atoms with Gasteiger partial charge in [0, 0.05) is 10.8 Å². The van der Waals surface area contributed by atoms with E-state index in [0.29, 0.717) is 30.2 Å². The van der Waals surface area contributed by atoms with E-state index >= 15 is 0 Å². The standard InChI is InChI=1S/C25H18ClN3OS3/c1-16-9-5-8-14-20(16)29-22-21(33-25(29)31)23(30)28(18-11-3-2-4-12-18)24(27-22)32-15-17-10-6-7-13-19(17)26/h2-14H,15H2,1H3. The van der Waals surface area contributed by atoms with Gasteiger partial charge in [0.25, 0.3) is 5.56 Å². The Hall–Kier alpha value is -2.71. The van der Waals surface area contributed by atoms with Gasteiger partial charge in [-0.25, -0.2) is 4.98 Å². The number of thiazole rings is 1. The molecule has 4 nitrogen and oxygen atoms in total. The van der Waals surface area contributed by atoms with Crippen LogP contribution in [-0.4, -0.2) is 14.1 Å². The van der Waals surface area contributed by atoms with Crippen LogP contribution in [0.1, 0.15) is 11.1 Å². The molecule has 0 aliphatic rings.